The monoisotopic (exact) mass is 195 g/mol. The summed E-state index contributed by atoms with van der Waals surface area (Å²) in [6.07, 6.45) is 0. The van der Waals surface area contributed by atoms with Crippen LogP contribution in [0.2, 0.25) is 0 Å². The molecule has 0 unspecified atom stereocenters. The minimum Gasteiger partial charge on any atom is -0.491 e. The van der Waals surface area contributed by atoms with Gasteiger partial charge in [0.2, 0.25) is 0 Å². The van der Waals surface area contributed by atoms with Crippen LogP contribution in [0.1, 0.15) is 18.1 Å². The molecule has 0 aromatic heterocycles. The molecule has 0 fully saturated rings. The Morgan fingerprint density at radius 2 is 1.93 bits per heavy atom. The molecule has 0 spiro atoms. The van der Waals surface area contributed by atoms with Crippen LogP contribution in [0.4, 0.5) is 0 Å². The third kappa shape index (κ3) is 2.72. The number of nitrogens with one attached hydrogen (secondary N) is 1. The van der Waals surface area contributed by atoms with E-state index < -0.39 is 0 Å². The van der Waals surface area contributed by atoms with Crippen molar-refractivity contribution in [2.45, 2.75) is 26.8 Å². The summed E-state index contributed by atoms with van der Waals surface area (Å²) in [5.74, 6) is 0.912. The summed E-state index contributed by atoms with van der Waals surface area (Å²) in [5, 5.41) is 8.62. The summed E-state index contributed by atoms with van der Waals surface area (Å²) in [6.45, 7) is 6.34. The fraction of sp³-hybridized carbons (Fsp3) is 0.455. The highest BCUT2D eigenvalue weighted by Crippen LogP contribution is 2.22. The first-order valence-electron chi connectivity index (χ1n) is 4.73. The molecule has 0 aliphatic heterocycles. The number of benzene rings is 1. The van der Waals surface area contributed by atoms with E-state index in [0.717, 1.165) is 16.9 Å². The van der Waals surface area contributed by atoms with Crippen molar-refractivity contribution in [1.29, 1.82) is 0 Å². The molecule has 0 amide bonds. The Morgan fingerprint density at radius 3 is 2.43 bits per heavy atom. The summed E-state index contributed by atoms with van der Waals surface area (Å²) in [6, 6.07) is 5.97. The van der Waals surface area contributed by atoms with Crippen LogP contribution >= 0.6 is 0 Å². The fourth-order valence-corrected chi connectivity index (χ4v) is 1.27. The smallest absolute Gasteiger partial charge is 0.125 e. The second-order valence-electron chi connectivity index (χ2n) is 3.56. The summed E-state index contributed by atoms with van der Waals surface area (Å²) in [5.41, 5.74) is 4.39. The van der Waals surface area contributed by atoms with Crippen LogP contribution in [-0.2, 0) is 0 Å². The van der Waals surface area contributed by atoms with Gasteiger partial charge in [-0.15, -0.1) is 0 Å². The van der Waals surface area contributed by atoms with Gasteiger partial charge in [-0.25, -0.2) is 0 Å². The molecule has 78 valence electrons. The maximum Gasteiger partial charge on any atom is 0.125 e. The molecule has 0 saturated carbocycles. The second kappa shape index (κ2) is 4.98. The highest BCUT2D eigenvalue weighted by atomic mass is 16.5. The summed E-state index contributed by atoms with van der Waals surface area (Å²) in [4.78, 5) is 0. The quantitative estimate of drug-likeness (QED) is 0.722. The number of ether oxygens (including phenoxy) is 1. The summed E-state index contributed by atoms with van der Waals surface area (Å²) < 4.78 is 5.60. The Bertz CT molecular complexity index is 279. The molecule has 0 aliphatic carbocycles. The Balaban J connectivity index is 2.66. The Labute approximate surface area is 84.7 Å². The van der Waals surface area contributed by atoms with Gasteiger partial charge in [0, 0.05) is 0 Å². The van der Waals surface area contributed by atoms with Crippen LogP contribution in [0.3, 0.4) is 0 Å². The largest absolute Gasteiger partial charge is 0.491 e. The molecule has 0 heterocycles. The van der Waals surface area contributed by atoms with E-state index in [1.54, 1.807) is 0 Å². The molecule has 0 bridgehead atoms. The van der Waals surface area contributed by atoms with Gasteiger partial charge in [-0.05, 0) is 31.9 Å². The predicted octanol–water partition coefficient (Wildman–Crippen LogP) is 2.05. The molecular weight excluding hydrogens is 178 g/mol. The van der Waals surface area contributed by atoms with Crippen LogP contribution in [0.25, 0.3) is 0 Å². The summed E-state index contributed by atoms with van der Waals surface area (Å²) >= 11 is 0. The van der Waals surface area contributed by atoms with E-state index in [9.17, 15) is 0 Å². The lowest BCUT2D eigenvalue weighted by atomic mass is 10.1. The van der Waals surface area contributed by atoms with Gasteiger partial charge in [0.1, 0.15) is 12.4 Å². The van der Waals surface area contributed by atoms with E-state index in [-0.39, 0.29) is 6.04 Å². The Hall–Kier alpha value is -1.06. The lowest BCUT2D eigenvalue weighted by Gasteiger charge is -2.14. The fourth-order valence-electron chi connectivity index (χ4n) is 1.27. The average molecular weight is 195 g/mol. The van der Waals surface area contributed by atoms with Gasteiger partial charge in [-0.3, -0.25) is 0 Å². The topological polar surface area (TPSA) is 41.5 Å². The number of hydrogen-bond donors (Lipinski definition) is 2. The van der Waals surface area contributed by atoms with E-state index in [0.29, 0.717) is 6.61 Å². The van der Waals surface area contributed by atoms with Crippen molar-refractivity contribution in [1.82, 2.24) is 5.48 Å². The molecule has 0 aliphatic rings. The van der Waals surface area contributed by atoms with Gasteiger partial charge in [0.05, 0.1) is 6.04 Å². The summed E-state index contributed by atoms with van der Waals surface area (Å²) in [7, 11) is 0. The molecule has 0 radical (unpaired) electrons. The van der Waals surface area contributed by atoms with Crippen molar-refractivity contribution in [2.75, 3.05) is 6.61 Å². The zero-order valence-electron chi connectivity index (χ0n) is 8.87. The van der Waals surface area contributed by atoms with E-state index >= 15 is 0 Å². The first-order chi connectivity index (χ1) is 6.65. The first kappa shape index (κ1) is 11.0. The number of hydrogen-bond acceptors (Lipinski definition) is 3. The maximum atomic E-state index is 8.62. The van der Waals surface area contributed by atoms with Gasteiger partial charge in [0.15, 0.2) is 0 Å². The van der Waals surface area contributed by atoms with Crippen LogP contribution in [0.15, 0.2) is 18.2 Å². The Kier molecular flexibility index (Phi) is 3.92. The molecule has 1 rings (SSSR count). The Morgan fingerprint density at radius 1 is 1.36 bits per heavy atom. The zero-order valence-corrected chi connectivity index (χ0v) is 8.87. The zero-order chi connectivity index (χ0) is 10.6. The van der Waals surface area contributed by atoms with Crippen LogP contribution < -0.4 is 10.2 Å². The lowest BCUT2D eigenvalue weighted by Crippen LogP contribution is -2.28. The standard InChI is InChI=1S/C11H17NO2/c1-8-5-4-6-9(2)11(8)14-7-10(3)12-13/h4-6,10,12-13H,7H2,1-3H3/t10-/m0/s1. The SMILES string of the molecule is Cc1cccc(C)c1OC[C@H](C)NO. The number of aryl methyl sites for hydroxylation is 2. The van der Waals surface area contributed by atoms with Crippen molar-refractivity contribution < 1.29 is 9.94 Å². The van der Waals surface area contributed by atoms with Gasteiger partial charge in [-0.1, -0.05) is 18.2 Å². The molecule has 14 heavy (non-hydrogen) atoms. The van der Waals surface area contributed by atoms with Gasteiger partial charge in [0.25, 0.3) is 0 Å². The minimum absolute atomic E-state index is 0.0611. The molecular formula is C11H17NO2. The van der Waals surface area contributed by atoms with Crippen molar-refractivity contribution in [3.05, 3.63) is 29.3 Å². The van der Waals surface area contributed by atoms with Crippen molar-refractivity contribution in [3.63, 3.8) is 0 Å². The molecule has 0 saturated heterocycles. The number of rotatable bonds is 4. The maximum absolute atomic E-state index is 8.62. The molecule has 1 atom stereocenters. The number of hydroxylamine groups is 1. The first-order valence-corrected chi connectivity index (χ1v) is 4.73. The predicted molar refractivity (Wildman–Crippen MR) is 55.8 cm³/mol. The molecule has 2 N–H and O–H groups in total. The number of para-hydroxylation sites is 1. The van der Waals surface area contributed by atoms with E-state index in [2.05, 4.69) is 5.48 Å². The van der Waals surface area contributed by atoms with Crippen molar-refractivity contribution in [2.24, 2.45) is 0 Å². The van der Waals surface area contributed by atoms with Gasteiger partial charge >= 0.3 is 0 Å². The van der Waals surface area contributed by atoms with Crippen molar-refractivity contribution in [3.8, 4) is 5.75 Å². The molecule has 1 aromatic rings. The second-order valence-corrected chi connectivity index (χ2v) is 3.56. The molecule has 1 aromatic carbocycles. The minimum atomic E-state index is -0.0611. The van der Waals surface area contributed by atoms with E-state index in [4.69, 9.17) is 9.94 Å². The molecule has 3 nitrogen and oxygen atoms in total. The normalized spacial score (nSPS) is 12.6. The van der Waals surface area contributed by atoms with Gasteiger partial charge in [-0.2, -0.15) is 5.48 Å². The van der Waals surface area contributed by atoms with Crippen molar-refractivity contribution >= 4 is 0 Å². The highest BCUT2D eigenvalue weighted by molar-refractivity contribution is 5.39. The molecule has 3 heteroatoms. The van der Waals surface area contributed by atoms with E-state index in [1.165, 1.54) is 0 Å². The van der Waals surface area contributed by atoms with Gasteiger partial charge < -0.3 is 9.94 Å². The van der Waals surface area contributed by atoms with Crippen LogP contribution in [0.5, 0.6) is 5.75 Å². The van der Waals surface area contributed by atoms with Crippen LogP contribution in [0, 0.1) is 13.8 Å². The van der Waals surface area contributed by atoms with Crippen LogP contribution in [-0.4, -0.2) is 17.9 Å². The third-order valence-corrected chi connectivity index (χ3v) is 2.11. The lowest BCUT2D eigenvalue weighted by molar-refractivity contribution is 0.105. The third-order valence-electron chi connectivity index (χ3n) is 2.11. The van der Waals surface area contributed by atoms with E-state index in [1.807, 2.05) is 39.0 Å². The average Bonchev–Trinajstić information content (AvgIpc) is 2.16. The highest BCUT2D eigenvalue weighted by Gasteiger charge is 2.05.